The van der Waals surface area contributed by atoms with Crippen molar-refractivity contribution in [1.82, 2.24) is 9.13 Å². The van der Waals surface area contributed by atoms with Gasteiger partial charge in [0.2, 0.25) is 0 Å². The third kappa shape index (κ3) is 4.11. The first kappa shape index (κ1) is 20.5. The molecule has 0 bridgehead atoms. The summed E-state index contributed by atoms with van der Waals surface area (Å²) in [6.45, 7) is 1.87. The van der Waals surface area contributed by atoms with Gasteiger partial charge in [-0.3, -0.25) is 18.7 Å². The third-order valence-corrected chi connectivity index (χ3v) is 5.35. The Balaban J connectivity index is 1.80. The summed E-state index contributed by atoms with van der Waals surface area (Å²) < 4.78 is 2.84. The van der Waals surface area contributed by atoms with Crippen LogP contribution in [-0.2, 0) is 13.1 Å². The van der Waals surface area contributed by atoms with Crippen molar-refractivity contribution < 1.29 is 9.90 Å². The van der Waals surface area contributed by atoms with Crippen LogP contribution in [0.3, 0.4) is 0 Å². The molecule has 0 aliphatic carbocycles. The second-order valence-electron chi connectivity index (χ2n) is 7.54. The molecule has 6 nitrogen and oxygen atoms in total. The van der Waals surface area contributed by atoms with Crippen molar-refractivity contribution in [3.63, 3.8) is 0 Å². The molecule has 0 spiro atoms. The molecule has 1 N–H and O–H groups in total. The Labute approximate surface area is 178 Å². The van der Waals surface area contributed by atoms with Crippen LogP contribution in [0.5, 0.6) is 0 Å². The van der Waals surface area contributed by atoms with Crippen LogP contribution in [0, 0.1) is 6.92 Å². The molecule has 1 aromatic heterocycles. The lowest BCUT2D eigenvalue weighted by Crippen LogP contribution is -2.40. The van der Waals surface area contributed by atoms with Gasteiger partial charge < -0.3 is 5.11 Å². The minimum atomic E-state index is -0.548. The van der Waals surface area contributed by atoms with Gasteiger partial charge in [0.15, 0.2) is 5.78 Å². The minimum Gasteiger partial charge on any atom is -0.388 e. The van der Waals surface area contributed by atoms with Crippen LogP contribution < -0.4 is 11.2 Å². The molecular weight excluding hydrogens is 392 g/mol. The number of fused-ring (bicyclic) bond motifs is 1. The van der Waals surface area contributed by atoms with E-state index in [1.165, 1.54) is 4.57 Å². The molecule has 6 heteroatoms. The van der Waals surface area contributed by atoms with Crippen LogP contribution >= 0.6 is 0 Å². The van der Waals surface area contributed by atoms with Crippen molar-refractivity contribution in [3.8, 4) is 0 Å². The number of carbonyl (C=O) groups is 1. The monoisotopic (exact) mass is 414 g/mol. The number of para-hydroxylation sites is 1. The summed E-state index contributed by atoms with van der Waals surface area (Å²) in [5, 5.41) is 9.49. The number of aryl methyl sites for hydroxylation is 1. The summed E-state index contributed by atoms with van der Waals surface area (Å²) in [5.41, 5.74) is 3.05. The molecule has 1 heterocycles. The van der Waals surface area contributed by atoms with E-state index in [-0.39, 0.29) is 30.1 Å². The molecule has 3 aromatic carbocycles. The smallest absolute Gasteiger partial charge is 0.332 e. The average Bonchev–Trinajstić information content (AvgIpc) is 2.80. The van der Waals surface area contributed by atoms with Gasteiger partial charge in [0.1, 0.15) is 6.61 Å². The highest BCUT2D eigenvalue weighted by Crippen LogP contribution is 2.12. The molecule has 0 aliphatic heterocycles. The van der Waals surface area contributed by atoms with Crippen LogP contribution in [0.15, 0.2) is 82.4 Å². The number of hydrogen-bond donors (Lipinski definition) is 1. The molecule has 0 radical (unpaired) electrons. The Hall–Kier alpha value is -3.77. The van der Waals surface area contributed by atoms with Crippen molar-refractivity contribution in [1.29, 1.82) is 0 Å². The first-order chi connectivity index (χ1) is 15.0. The molecule has 0 saturated carbocycles. The predicted octanol–water partition coefficient (Wildman–Crippen LogP) is 2.74. The van der Waals surface area contributed by atoms with E-state index in [1.54, 1.807) is 53.1 Å². The molecule has 0 atom stereocenters. The lowest BCUT2D eigenvalue weighted by atomic mass is 10.1. The topological polar surface area (TPSA) is 81.3 Å². The number of nitrogens with zero attached hydrogens (tertiary/aromatic N) is 2. The quantitative estimate of drug-likeness (QED) is 0.492. The highest BCUT2D eigenvalue weighted by atomic mass is 16.3. The van der Waals surface area contributed by atoms with Crippen molar-refractivity contribution >= 4 is 16.7 Å². The summed E-state index contributed by atoms with van der Waals surface area (Å²) in [5.74, 6) is -0.360. The van der Waals surface area contributed by atoms with E-state index in [1.807, 2.05) is 31.2 Å². The summed E-state index contributed by atoms with van der Waals surface area (Å²) in [4.78, 5) is 38.1. The van der Waals surface area contributed by atoms with Crippen LogP contribution in [0.4, 0.5) is 0 Å². The van der Waals surface area contributed by atoms with Gasteiger partial charge in [0.05, 0.1) is 24.0 Å². The highest BCUT2D eigenvalue weighted by Gasteiger charge is 2.14. The van der Waals surface area contributed by atoms with E-state index in [2.05, 4.69) is 0 Å². The molecule has 0 aliphatic rings. The number of aliphatic hydroxyl groups excluding tert-OH is 1. The first-order valence-electron chi connectivity index (χ1n) is 9.99. The molecule has 4 aromatic rings. The third-order valence-electron chi connectivity index (χ3n) is 5.35. The van der Waals surface area contributed by atoms with Gasteiger partial charge in [-0.2, -0.15) is 0 Å². The summed E-state index contributed by atoms with van der Waals surface area (Å²) in [6, 6.07) is 21.6. The van der Waals surface area contributed by atoms with Gasteiger partial charge in [0, 0.05) is 5.56 Å². The molecule has 4 rings (SSSR count). The average molecular weight is 414 g/mol. The lowest BCUT2D eigenvalue weighted by Gasteiger charge is -2.14. The second kappa shape index (κ2) is 8.53. The molecule has 0 unspecified atom stereocenters. The number of hydrogen-bond acceptors (Lipinski definition) is 4. The Morgan fingerprint density at radius 3 is 2.03 bits per heavy atom. The number of carbonyl (C=O) groups excluding carboxylic acids is 1. The zero-order valence-corrected chi connectivity index (χ0v) is 17.1. The van der Waals surface area contributed by atoms with Crippen molar-refractivity contribution in [2.75, 3.05) is 6.61 Å². The number of rotatable bonds is 6. The lowest BCUT2D eigenvalue weighted by molar-refractivity contribution is 0.0903. The van der Waals surface area contributed by atoms with E-state index < -0.39 is 6.61 Å². The van der Waals surface area contributed by atoms with E-state index >= 15 is 0 Å². The van der Waals surface area contributed by atoms with E-state index in [0.29, 0.717) is 16.5 Å². The highest BCUT2D eigenvalue weighted by molar-refractivity contribution is 5.96. The summed E-state index contributed by atoms with van der Waals surface area (Å²) in [7, 11) is 0. The van der Waals surface area contributed by atoms with E-state index in [0.717, 1.165) is 16.7 Å². The van der Waals surface area contributed by atoms with Gasteiger partial charge in [-0.25, -0.2) is 4.79 Å². The first-order valence-corrected chi connectivity index (χ1v) is 9.99. The Morgan fingerprint density at radius 1 is 0.806 bits per heavy atom. The van der Waals surface area contributed by atoms with Crippen LogP contribution in [0.1, 0.15) is 27.0 Å². The zero-order valence-electron chi connectivity index (χ0n) is 17.1. The fraction of sp³-hybridized carbons (Fsp3) is 0.160. The SMILES string of the molecule is Cc1ccc(Cn2c(=O)c3ccccc3n(Cc3ccc(C(=O)CO)cc3)c2=O)cc1. The molecular formula is C25H22N2O4. The van der Waals surface area contributed by atoms with E-state index in [9.17, 15) is 14.4 Å². The maximum atomic E-state index is 13.3. The number of aromatic nitrogens is 2. The van der Waals surface area contributed by atoms with Gasteiger partial charge in [-0.15, -0.1) is 0 Å². The molecule has 31 heavy (non-hydrogen) atoms. The van der Waals surface area contributed by atoms with Crippen molar-refractivity contribution in [2.24, 2.45) is 0 Å². The Kier molecular flexibility index (Phi) is 5.64. The number of ketones is 1. The molecule has 156 valence electrons. The van der Waals surface area contributed by atoms with Gasteiger partial charge in [-0.1, -0.05) is 66.2 Å². The normalized spacial score (nSPS) is 11.0. The summed E-state index contributed by atoms with van der Waals surface area (Å²) in [6.07, 6.45) is 0. The second-order valence-corrected chi connectivity index (χ2v) is 7.54. The maximum absolute atomic E-state index is 13.3. The Bertz CT molecular complexity index is 1360. The molecule has 0 fully saturated rings. The number of Topliss-reactive ketones (excluding diaryl/α,β-unsaturated/α-hetero) is 1. The number of benzene rings is 3. The van der Waals surface area contributed by atoms with Crippen LogP contribution in [0.2, 0.25) is 0 Å². The minimum absolute atomic E-state index is 0.187. The van der Waals surface area contributed by atoms with Crippen molar-refractivity contribution in [2.45, 2.75) is 20.0 Å². The number of aliphatic hydroxyl groups is 1. The fourth-order valence-electron chi connectivity index (χ4n) is 3.61. The van der Waals surface area contributed by atoms with E-state index in [4.69, 9.17) is 5.11 Å². The largest absolute Gasteiger partial charge is 0.388 e. The molecule has 0 saturated heterocycles. The van der Waals surface area contributed by atoms with Crippen molar-refractivity contribution in [3.05, 3.63) is 116 Å². The Morgan fingerprint density at radius 2 is 1.39 bits per heavy atom. The van der Waals surface area contributed by atoms with Gasteiger partial charge in [0.25, 0.3) is 5.56 Å². The standard InChI is InChI=1S/C25H22N2O4/c1-17-6-8-18(9-7-17)15-27-24(30)21-4-2-3-5-22(21)26(25(27)31)14-19-10-12-20(13-11-19)23(29)16-28/h2-13,28H,14-16H2,1H3. The van der Waals surface area contributed by atoms with Crippen LogP contribution in [0.25, 0.3) is 10.9 Å². The molecule has 0 amide bonds. The summed E-state index contributed by atoms with van der Waals surface area (Å²) >= 11 is 0. The predicted molar refractivity (Wildman–Crippen MR) is 120 cm³/mol. The fourth-order valence-corrected chi connectivity index (χ4v) is 3.61. The maximum Gasteiger partial charge on any atom is 0.332 e. The zero-order chi connectivity index (χ0) is 22.0. The van der Waals surface area contributed by atoms with Gasteiger partial charge >= 0.3 is 5.69 Å². The van der Waals surface area contributed by atoms with Crippen LogP contribution in [-0.4, -0.2) is 26.6 Å². The van der Waals surface area contributed by atoms with Gasteiger partial charge in [-0.05, 0) is 30.2 Å².